The van der Waals surface area contributed by atoms with Gasteiger partial charge in [0.2, 0.25) is 5.91 Å². The number of hydrogen-bond acceptors (Lipinski definition) is 2. The zero-order chi connectivity index (χ0) is 15.4. The Balaban J connectivity index is 1.40. The van der Waals surface area contributed by atoms with Crippen LogP contribution in [0.25, 0.3) is 10.9 Å². The summed E-state index contributed by atoms with van der Waals surface area (Å²) in [6.07, 6.45) is 5.73. The lowest BCUT2D eigenvalue weighted by molar-refractivity contribution is -0.121. The summed E-state index contributed by atoms with van der Waals surface area (Å²) in [4.78, 5) is 17.6. The van der Waals surface area contributed by atoms with Gasteiger partial charge in [0.15, 0.2) is 0 Å². The van der Waals surface area contributed by atoms with Crippen molar-refractivity contribution in [3.8, 4) is 0 Å². The molecule has 2 N–H and O–H groups in total. The first-order valence-electron chi connectivity index (χ1n) is 8.22. The van der Waals surface area contributed by atoms with Crippen molar-refractivity contribution in [1.29, 1.82) is 0 Å². The highest BCUT2D eigenvalue weighted by Gasteiger charge is 2.19. The number of nitrogens with one attached hydrogen (secondary N) is 2. The lowest BCUT2D eigenvalue weighted by Gasteiger charge is -2.11. The van der Waals surface area contributed by atoms with Crippen LogP contribution >= 0.6 is 0 Å². The number of nitrogens with zero attached hydrogens (tertiary/aromatic N) is 1. The predicted octanol–water partition coefficient (Wildman–Crippen LogP) is 2.56. The van der Waals surface area contributed by atoms with Crippen molar-refractivity contribution in [3.05, 3.63) is 36.0 Å². The maximum absolute atomic E-state index is 11.9. The van der Waals surface area contributed by atoms with E-state index in [1.807, 2.05) is 6.07 Å². The molecule has 1 fully saturated rings. The van der Waals surface area contributed by atoms with Crippen molar-refractivity contribution < 1.29 is 4.79 Å². The van der Waals surface area contributed by atoms with Gasteiger partial charge >= 0.3 is 0 Å². The second-order valence-corrected chi connectivity index (χ2v) is 6.43. The van der Waals surface area contributed by atoms with Crippen LogP contribution in [0.4, 0.5) is 0 Å². The molecule has 0 radical (unpaired) electrons. The second kappa shape index (κ2) is 6.97. The van der Waals surface area contributed by atoms with Gasteiger partial charge in [-0.05, 0) is 50.4 Å². The van der Waals surface area contributed by atoms with E-state index < -0.39 is 0 Å². The zero-order valence-electron chi connectivity index (χ0n) is 13.3. The number of aryl methyl sites for hydroxylation is 1. The molecular weight excluding hydrogens is 274 g/mol. The molecule has 1 aromatic heterocycles. The Kier molecular flexibility index (Phi) is 4.78. The maximum Gasteiger partial charge on any atom is 0.220 e. The van der Waals surface area contributed by atoms with Crippen LogP contribution in [0.1, 0.15) is 24.8 Å². The fourth-order valence-corrected chi connectivity index (χ4v) is 3.32. The van der Waals surface area contributed by atoms with Gasteiger partial charge in [-0.15, -0.1) is 0 Å². The lowest BCUT2D eigenvalue weighted by atomic mass is 10.1. The van der Waals surface area contributed by atoms with Crippen molar-refractivity contribution in [3.63, 3.8) is 0 Å². The third-order valence-corrected chi connectivity index (χ3v) is 4.60. The molecule has 3 rings (SSSR count). The first-order valence-corrected chi connectivity index (χ1v) is 8.22. The van der Waals surface area contributed by atoms with Gasteiger partial charge in [0.1, 0.15) is 0 Å². The third kappa shape index (κ3) is 3.69. The molecule has 4 nitrogen and oxygen atoms in total. The largest absolute Gasteiger partial charge is 0.361 e. The predicted molar refractivity (Wildman–Crippen MR) is 89.9 cm³/mol. The number of likely N-dealkylation sites (tertiary alicyclic amines) is 1. The van der Waals surface area contributed by atoms with Gasteiger partial charge in [0.05, 0.1) is 0 Å². The Morgan fingerprint density at radius 2 is 2.27 bits per heavy atom. The smallest absolute Gasteiger partial charge is 0.220 e. The molecule has 1 aliphatic heterocycles. The van der Waals surface area contributed by atoms with Gasteiger partial charge < -0.3 is 15.2 Å². The lowest BCUT2D eigenvalue weighted by Crippen LogP contribution is -2.30. The number of rotatable bonds is 6. The van der Waals surface area contributed by atoms with E-state index in [1.165, 1.54) is 22.9 Å². The fraction of sp³-hybridized carbons (Fsp3) is 0.500. The summed E-state index contributed by atoms with van der Waals surface area (Å²) in [6, 6.07) is 8.32. The van der Waals surface area contributed by atoms with E-state index in [-0.39, 0.29) is 5.91 Å². The summed E-state index contributed by atoms with van der Waals surface area (Å²) in [5.74, 6) is 0.817. The molecule has 0 aliphatic carbocycles. The number of fused-ring (bicyclic) bond motifs is 1. The van der Waals surface area contributed by atoms with Crippen molar-refractivity contribution in [2.75, 3.05) is 26.7 Å². The molecule has 1 saturated heterocycles. The first-order chi connectivity index (χ1) is 10.7. The topological polar surface area (TPSA) is 48.1 Å². The van der Waals surface area contributed by atoms with Crippen LogP contribution in [0.15, 0.2) is 30.5 Å². The van der Waals surface area contributed by atoms with Gasteiger partial charge in [-0.1, -0.05) is 18.2 Å². The standard InChI is InChI=1S/C18H25N3O/c1-21-10-9-14(13-21)11-20-18(22)8-4-5-15-12-19-17-7-3-2-6-16(15)17/h2-3,6-7,12,14,19H,4-5,8-11,13H2,1H3,(H,20,22)/t14-/m1/s1. The molecule has 118 valence electrons. The van der Waals surface area contributed by atoms with Crippen molar-refractivity contribution in [1.82, 2.24) is 15.2 Å². The molecule has 1 atom stereocenters. The number of amides is 1. The quantitative estimate of drug-likeness (QED) is 0.861. The Morgan fingerprint density at radius 3 is 3.09 bits per heavy atom. The minimum atomic E-state index is 0.189. The van der Waals surface area contributed by atoms with Crippen molar-refractivity contribution >= 4 is 16.8 Å². The van der Waals surface area contributed by atoms with E-state index in [0.717, 1.165) is 32.5 Å². The van der Waals surface area contributed by atoms with Gasteiger partial charge in [0, 0.05) is 36.6 Å². The van der Waals surface area contributed by atoms with E-state index in [4.69, 9.17) is 0 Å². The van der Waals surface area contributed by atoms with E-state index in [1.54, 1.807) is 0 Å². The van der Waals surface area contributed by atoms with Crippen LogP contribution in [0, 0.1) is 5.92 Å². The van der Waals surface area contributed by atoms with Crippen LogP contribution in [0.5, 0.6) is 0 Å². The molecule has 0 spiro atoms. The van der Waals surface area contributed by atoms with Crippen LogP contribution in [0.3, 0.4) is 0 Å². The summed E-state index contributed by atoms with van der Waals surface area (Å²) < 4.78 is 0. The average molecular weight is 299 g/mol. The molecule has 1 aromatic carbocycles. The summed E-state index contributed by atoms with van der Waals surface area (Å²) in [5, 5.41) is 4.36. The molecular formula is C18H25N3O. The minimum absolute atomic E-state index is 0.189. The van der Waals surface area contributed by atoms with Crippen LogP contribution in [-0.2, 0) is 11.2 Å². The number of H-pyrrole nitrogens is 1. The highest BCUT2D eigenvalue weighted by atomic mass is 16.1. The molecule has 0 bridgehead atoms. The maximum atomic E-state index is 11.9. The molecule has 0 unspecified atom stereocenters. The zero-order valence-corrected chi connectivity index (χ0v) is 13.3. The Labute approximate surface area is 131 Å². The Morgan fingerprint density at radius 1 is 1.41 bits per heavy atom. The number of hydrogen-bond donors (Lipinski definition) is 2. The monoisotopic (exact) mass is 299 g/mol. The van der Waals surface area contributed by atoms with Gasteiger partial charge in [0.25, 0.3) is 0 Å². The fourth-order valence-electron chi connectivity index (χ4n) is 3.32. The molecule has 1 aliphatic rings. The van der Waals surface area contributed by atoms with E-state index >= 15 is 0 Å². The van der Waals surface area contributed by atoms with Crippen molar-refractivity contribution in [2.45, 2.75) is 25.7 Å². The molecule has 4 heteroatoms. The second-order valence-electron chi connectivity index (χ2n) is 6.43. The number of aromatic nitrogens is 1. The highest BCUT2D eigenvalue weighted by molar-refractivity contribution is 5.83. The van der Waals surface area contributed by atoms with E-state index in [2.05, 4.69) is 46.6 Å². The number of carbonyl (C=O) groups excluding carboxylic acids is 1. The number of benzene rings is 1. The third-order valence-electron chi connectivity index (χ3n) is 4.60. The van der Waals surface area contributed by atoms with Crippen molar-refractivity contribution in [2.24, 2.45) is 5.92 Å². The summed E-state index contributed by atoms with van der Waals surface area (Å²) >= 11 is 0. The normalized spacial score (nSPS) is 18.9. The van der Waals surface area contributed by atoms with Crippen LogP contribution in [-0.4, -0.2) is 42.5 Å². The summed E-state index contributed by atoms with van der Waals surface area (Å²) in [5.41, 5.74) is 2.48. The molecule has 22 heavy (non-hydrogen) atoms. The molecule has 1 amide bonds. The number of carbonyl (C=O) groups is 1. The molecule has 2 aromatic rings. The summed E-state index contributed by atoms with van der Waals surface area (Å²) in [6.45, 7) is 3.09. The number of para-hydroxylation sites is 1. The van der Waals surface area contributed by atoms with E-state index in [0.29, 0.717) is 12.3 Å². The summed E-state index contributed by atoms with van der Waals surface area (Å²) in [7, 11) is 2.14. The van der Waals surface area contributed by atoms with Crippen LogP contribution in [0.2, 0.25) is 0 Å². The van der Waals surface area contributed by atoms with Crippen LogP contribution < -0.4 is 5.32 Å². The van der Waals surface area contributed by atoms with Gasteiger partial charge in [-0.25, -0.2) is 0 Å². The van der Waals surface area contributed by atoms with Gasteiger partial charge in [-0.2, -0.15) is 0 Å². The van der Waals surface area contributed by atoms with E-state index in [9.17, 15) is 4.79 Å². The first kappa shape index (κ1) is 15.1. The van der Waals surface area contributed by atoms with Gasteiger partial charge in [-0.3, -0.25) is 4.79 Å². The SMILES string of the molecule is CN1CC[C@H](CNC(=O)CCCc2c[nH]c3ccccc23)C1. The Hall–Kier alpha value is -1.81. The Bertz CT molecular complexity index is 634. The number of aromatic amines is 1. The minimum Gasteiger partial charge on any atom is -0.361 e. The molecule has 2 heterocycles. The molecule has 0 saturated carbocycles. The average Bonchev–Trinajstić information content (AvgIpc) is 3.12. The highest BCUT2D eigenvalue weighted by Crippen LogP contribution is 2.19.